The van der Waals surface area contributed by atoms with Crippen LogP contribution in [0.2, 0.25) is 0 Å². The molecule has 0 saturated heterocycles. The molecule has 0 fully saturated rings. The van der Waals surface area contributed by atoms with Crippen molar-refractivity contribution in [1.82, 2.24) is 0 Å². The summed E-state index contributed by atoms with van der Waals surface area (Å²) >= 11 is 0. The molecule has 0 unspecified atom stereocenters. The Morgan fingerprint density at radius 1 is 1.33 bits per heavy atom. The van der Waals surface area contributed by atoms with Crippen LogP contribution in [0.25, 0.3) is 0 Å². The number of carbonyl (C=O) groups is 1. The zero-order valence-corrected chi connectivity index (χ0v) is 8.00. The molecule has 0 rings (SSSR count). The quantitative estimate of drug-likeness (QED) is 0.508. The molecular formula is C10H17NO. The first kappa shape index (κ1) is 13.3. The van der Waals surface area contributed by atoms with Crippen LogP contribution in [-0.4, -0.2) is 5.91 Å². The molecule has 0 aliphatic rings. The topological polar surface area (TPSA) is 43.1 Å². The Kier molecular flexibility index (Phi) is 10.7. The number of allylic oxidation sites excluding steroid dienone is 4. The van der Waals surface area contributed by atoms with Crippen LogP contribution in [-0.2, 0) is 4.79 Å². The molecule has 1 amide bonds. The lowest BCUT2D eigenvalue weighted by Crippen LogP contribution is -2.11. The summed E-state index contributed by atoms with van der Waals surface area (Å²) in [5.74, 6) is -0.395. The molecule has 0 atom stereocenters. The van der Waals surface area contributed by atoms with Crippen LogP contribution in [0, 0.1) is 0 Å². The van der Waals surface area contributed by atoms with E-state index in [1.54, 1.807) is 31.2 Å². The summed E-state index contributed by atoms with van der Waals surface area (Å²) in [7, 11) is 0. The molecule has 2 N–H and O–H groups in total. The van der Waals surface area contributed by atoms with Gasteiger partial charge in [-0.05, 0) is 6.92 Å². The monoisotopic (exact) mass is 167 g/mol. The normalized spacial score (nSPS) is 10.4. The SMILES string of the molecule is C=C/C=C\C=C(/C)C(N)=O.CC. The third-order valence-electron chi connectivity index (χ3n) is 0.982. The molecule has 0 saturated carbocycles. The van der Waals surface area contributed by atoms with Crippen molar-refractivity contribution in [3.05, 3.63) is 36.5 Å². The highest BCUT2D eigenvalue weighted by Crippen LogP contribution is 1.90. The van der Waals surface area contributed by atoms with E-state index in [9.17, 15) is 4.79 Å². The van der Waals surface area contributed by atoms with Gasteiger partial charge in [0, 0.05) is 5.57 Å². The number of carbonyl (C=O) groups excluding carboxylic acids is 1. The van der Waals surface area contributed by atoms with Gasteiger partial charge in [0.25, 0.3) is 0 Å². The van der Waals surface area contributed by atoms with Gasteiger partial charge in [-0.3, -0.25) is 4.79 Å². The van der Waals surface area contributed by atoms with Gasteiger partial charge >= 0.3 is 0 Å². The molecular weight excluding hydrogens is 150 g/mol. The molecule has 2 heteroatoms. The van der Waals surface area contributed by atoms with Crippen LogP contribution in [0.15, 0.2) is 36.5 Å². The summed E-state index contributed by atoms with van der Waals surface area (Å²) in [5.41, 5.74) is 5.49. The van der Waals surface area contributed by atoms with Gasteiger partial charge in [-0.2, -0.15) is 0 Å². The molecule has 0 aliphatic carbocycles. The Hall–Kier alpha value is -1.31. The van der Waals surface area contributed by atoms with Gasteiger partial charge in [0.1, 0.15) is 0 Å². The van der Waals surface area contributed by atoms with Crippen molar-refractivity contribution in [2.45, 2.75) is 20.8 Å². The van der Waals surface area contributed by atoms with Crippen molar-refractivity contribution >= 4 is 5.91 Å². The molecule has 0 heterocycles. The van der Waals surface area contributed by atoms with E-state index in [-0.39, 0.29) is 0 Å². The van der Waals surface area contributed by atoms with Crippen molar-refractivity contribution in [1.29, 1.82) is 0 Å². The van der Waals surface area contributed by atoms with Crippen molar-refractivity contribution in [2.75, 3.05) is 0 Å². The third-order valence-corrected chi connectivity index (χ3v) is 0.982. The van der Waals surface area contributed by atoms with Gasteiger partial charge < -0.3 is 5.73 Å². The second-order valence-electron chi connectivity index (χ2n) is 1.83. The molecule has 68 valence electrons. The minimum Gasteiger partial charge on any atom is -0.366 e. The Morgan fingerprint density at radius 2 is 1.83 bits per heavy atom. The van der Waals surface area contributed by atoms with E-state index >= 15 is 0 Å². The number of amides is 1. The fraction of sp³-hybridized carbons (Fsp3) is 0.300. The number of rotatable bonds is 3. The molecule has 12 heavy (non-hydrogen) atoms. The van der Waals surface area contributed by atoms with Crippen molar-refractivity contribution in [3.63, 3.8) is 0 Å². The van der Waals surface area contributed by atoms with E-state index in [1.807, 2.05) is 13.8 Å². The molecule has 0 bridgehead atoms. The highest BCUT2D eigenvalue weighted by molar-refractivity contribution is 5.91. The highest BCUT2D eigenvalue weighted by Gasteiger charge is 1.91. The second kappa shape index (κ2) is 9.69. The highest BCUT2D eigenvalue weighted by atomic mass is 16.1. The lowest BCUT2D eigenvalue weighted by atomic mass is 10.2. The van der Waals surface area contributed by atoms with Crippen molar-refractivity contribution in [3.8, 4) is 0 Å². The van der Waals surface area contributed by atoms with E-state index in [1.165, 1.54) is 0 Å². The van der Waals surface area contributed by atoms with Gasteiger partial charge in [-0.1, -0.05) is 44.7 Å². The molecule has 0 aromatic carbocycles. The van der Waals surface area contributed by atoms with E-state index in [0.29, 0.717) is 5.57 Å². The van der Waals surface area contributed by atoms with E-state index < -0.39 is 5.91 Å². The average molecular weight is 167 g/mol. The van der Waals surface area contributed by atoms with Crippen LogP contribution < -0.4 is 5.73 Å². The number of hydrogen-bond donors (Lipinski definition) is 1. The van der Waals surface area contributed by atoms with Crippen LogP contribution in [0.4, 0.5) is 0 Å². The third kappa shape index (κ3) is 8.69. The second-order valence-corrected chi connectivity index (χ2v) is 1.83. The standard InChI is InChI=1S/C8H11NO.C2H6/c1-3-4-5-6-7(2)8(9)10;1-2/h3-6H,1H2,2H3,(H2,9,10);1-2H3/b5-4-,7-6+;. The Morgan fingerprint density at radius 3 is 2.17 bits per heavy atom. The first-order chi connectivity index (χ1) is 5.68. The molecule has 0 spiro atoms. The molecule has 0 aromatic rings. The minimum absolute atomic E-state index is 0.395. The van der Waals surface area contributed by atoms with E-state index in [2.05, 4.69) is 6.58 Å². The van der Waals surface area contributed by atoms with Crippen LogP contribution >= 0.6 is 0 Å². The zero-order valence-electron chi connectivity index (χ0n) is 8.00. The Labute approximate surface area is 74.5 Å². The number of primary amides is 1. The lowest BCUT2D eigenvalue weighted by molar-refractivity contribution is -0.114. The zero-order chi connectivity index (χ0) is 9.98. The fourth-order valence-electron chi connectivity index (χ4n) is 0.361. The fourth-order valence-corrected chi connectivity index (χ4v) is 0.361. The van der Waals surface area contributed by atoms with Gasteiger partial charge in [0.05, 0.1) is 0 Å². The maximum Gasteiger partial charge on any atom is 0.244 e. The summed E-state index contributed by atoms with van der Waals surface area (Å²) in [6.07, 6.45) is 6.72. The predicted octanol–water partition coefficient (Wildman–Crippen LogP) is 2.19. The summed E-state index contributed by atoms with van der Waals surface area (Å²) in [4.78, 5) is 10.4. The van der Waals surface area contributed by atoms with Crippen LogP contribution in [0.5, 0.6) is 0 Å². The summed E-state index contributed by atoms with van der Waals surface area (Å²) < 4.78 is 0. The van der Waals surface area contributed by atoms with Gasteiger partial charge in [-0.15, -0.1) is 0 Å². The summed E-state index contributed by atoms with van der Waals surface area (Å²) in [5, 5.41) is 0. The molecule has 0 radical (unpaired) electrons. The van der Waals surface area contributed by atoms with Gasteiger partial charge in [0.2, 0.25) is 5.91 Å². The van der Waals surface area contributed by atoms with Crippen molar-refractivity contribution < 1.29 is 4.79 Å². The van der Waals surface area contributed by atoms with Crippen LogP contribution in [0.1, 0.15) is 20.8 Å². The lowest BCUT2D eigenvalue weighted by Gasteiger charge is -1.87. The minimum atomic E-state index is -0.395. The smallest absolute Gasteiger partial charge is 0.244 e. The van der Waals surface area contributed by atoms with E-state index in [0.717, 1.165) is 0 Å². The largest absolute Gasteiger partial charge is 0.366 e. The molecule has 0 aromatic heterocycles. The maximum absolute atomic E-state index is 10.4. The van der Waals surface area contributed by atoms with Gasteiger partial charge in [0.15, 0.2) is 0 Å². The Balaban J connectivity index is 0. The van der Waals surface area contributed by atoms with Gasteiger partial charge in [-0.25, -0.2) is 0 Å². The van der Waals surface area contributed by atoms with Crippen LogP contribution in [0.3, 0.4) is 0 Å². The first-order valence-electron chi connectivity index (χ1n) is 3.94. The Bertz CT molecular complexity index is 190. The van der Waals surface area contributed by atoms with E-state index in [4.69, 9.17) is 5.73 Å². The number of nitrogens with two attached hydrogens (primary N) is 1. The predicted molar refractivity (Wildman–Crippen MR) is 53.6 cm³/mol. The molecule has 0 aliphatic heterocycles. The molecule has 2 nitrogen and oxygen atoms in total. The summed E-state index contributed by atoms with van der Waals surface area (Å²) in [6, 6.07) is 0. The van der Waals surface area contributed by atoms with Crippen molar-refractivity contribution in [2.24, 2.45) is 5.73 Å². The number of hydrogen-bond acceptors (Lipinski definition) is 1. The first-order valence-corrected chi connectivity index (χ1v) is 3.94. The maximum atomic E-state index is 10.4. The summed E-state index contributed by atoms with van der Waals surface area (Å²) in [6.45, 7) is 9.13. The average Bonchev–Trinajstić information content (AvgIpc) is 2.08.